The van der Waals surface area contributed by atoms with Gasteiger partial charge in [-0.05, 0) is 0 Å². The van der Waals surface area contributed by atoms with Crippen molar-refractivity contribution in [2.45, 2.75) is 13.8 Å². The molecule has 1 aliphatic heterocycles. The molecule has 0 atom stereocenters. The lowest BCUT2D eigenvalue weighted by Gasteiger charge is -2.09. The van der Waals surface area contributed by atoms with Gasteiger partial charge in [0.05, 0.1) is 13.0 Å². The third-order valence-corrected chi connectivity index (χ3v) is 1.20. The quantitative estimate of drug-likeness (QED) is 0.391. The maximum absolute atomic E-state index is 8.23. The van der Waals surface area contributed by atoms with E-state index in [0.717, 1.165) is 0 Å². The molecule has 51 valence electrons. The minimum Gasteiger partial charge on any atom is -0.478 e. The Kier molecular flexibility index (Phi) is 1.35. The van der Waals surface area contributed by atoms with Gasteiger partial charge < -0.3 is 9.94 Å². The van der Waals surface area contributed by atoms with Crippen molar-refractivity contribution in [2.75, 3.05) is 6.61 Å². The molecule has 0 aromatic heterocycles. The summed E-state index contributed by atoms with van der Waals surface area (Å²) in [5, 5.41) is 11.2. The van der Waals surface area contributed by atoms with Crippen LogP contribution in [0.15, 0.2) is 5.16 Å². The highest BCUT2D eigenvalue weighted by Crippen LogP contribution is 2.26. The van der Waals surface area contributed by atoms with E-state index in [9.17, 15) is 0 Å². The zero-order valence-electron chi connectivity index (χ0n) is 5.59. The van der Waals surface area contributed by atoms with Gasteiger partial charge in [0.15, 0.2) is 0 Å². The molecule has 3 nitrogen and oxygen atoms in total. The van der Waals surface area contributed by atoms with Crippen molar-refractivity contribution < 1.29 is 9.94 Å². The van der Waals surface area contributed by atoms with Crippen LogP contribution in [0.3, 0.4) is 0 Å². The predicted molar refractivity (Wildman–Crippen MR) is 33.3 cm³/mol. The summed E-state index contributed by atoms with van der Waals surface area (Å²) >= 11 is 0. The van der Waals surface area contributed by atoms with E-state index >= 15 is 0 Å². The van der Waals surface area contributed by atoms with Crippen LogP contribution in [0.1, 0.15) is 13.8 Å². The first-order valence-corrected chi connectivity index (χ1v) is 2.85. The lowest BCUT2D eigenvalue weighted by atomic mass is 9.93. The van der Waals surface area contributed by atoms with Gasteiger partial charge in [0, 0.05) is 5.41 Å². The van der Waals surface area contributed by atoms with Crippen molar-refractivity contribution in [3.63, 3.8) is 0 Å². The number of hydrogen-bond acceptors (Lipinski definition) is 3. The van der Waals surface area contributed by atoms with Crippen LogP contribution in [0.5, 0.6) is 0 Å². The van der Waals surface area contributed by atoms with Crippen LogP contribution in [0.4, 0.5) is 0 Å². The third kappa shape index (κ3) is 1.34. The van der Waals surface area contributed by atoms with E-state index < -0.39 is 0 Å². The molecule has 0 saturated carbocycles. The van der Waals surface area contributed by atoms with Crippen LogP contribution < -0.4 is 0 Å². The van der Waals surface area contributed by atoms with Crippen LogP contribution in [-0.4, -0.2) is 17.7 Å². The van der Waals surface area contributed by atoms with E-state index in [-0.39, 0.29) is 5.41 Å². The largest absolute Gasteiger partial charge is 0.478 e. The highest BCUT2D eigenvalue weighted by Gasteiger charge is 2.30. The second-order valence-electron chi connectivity index (χ2n) is 2.86. The smallest absolute Gasteiger partial charge is 0.230 e. The summed E-state index contributed by atoms with van der Waals surface area (Å²) in [5.74, 6) is 0.333. The Morgan fingerprint density at radius 2 is 2.44 bits per heavy atom. The second-order valence-corrected chi connectivity index (χ2v) is 2.86. The summed E-state index contributed by atoms with van der Waals surface area (Å²) in [5.41, 5.74) is 0.0293. The first kappa shape index (κ1) is 6.39. The van der Waals surface area contributed by atoms with Gasteiger partial charge in [-0.1, -0.05) is 19.0 Å². The summed E-state index contributed by atoms with van der Waals surface area (Å²) < 4.78 is 4.96. The maximum atomic E-state index is 8.23. The summed E-state index contributed by atoms with van der Waals surface area (Å²) in [4.78, 5) is 0. The molecule has 0 unspecified atom stereocenters. The molecule has 0 aromatic carbocycles. The molecule has 9 heavy (non-hydrogen) atoms. The second kappa shape index (κ2) is 1.90. The fourth-order valence-corrected chi connectivity index (χ4v) is 0.735. The molecule has 0 amide bonds. The summed E-state index contributed by atoms with van der Waals surface area (Å²) in [6.45, 7) is 4.64. The first-order chi connectivity index (χ1) is 4.14. The first-order valence-electron chi connectivity index (χ1n) is 2.85. The van der Waals surface area contributed by atoms with Gasteiger partial charge in [0.2, 0.25) is 5.90 Å². The number of rotatable bonds is 0. The molecule has 1 radical (unpaired) electrons. The Hall–Kier alpha value is -0.730. The van der Waals surface area contributed by atoms with Gasteiger partial charge in [-0.2, -0.15) is 0 Å². The lowest BCUT2D eigenvalue weighted by Crippen LogP contribution is -2.09. The summed E-state index contributed by atoms with van der Waals surface area (Å²) in [6.07, 6.45) is 1.80. The van der Waals surface area contributed by atoms with E-state index in [1.54, 1.807) is 6.42 Å². The van der Waals surface area contributed by atoms with Gasteiger partial charge in [-0.15, -0.1) is 0 Å². The minimum absolute atomic E-state index is 0.0293. The van der Waals surface area contributed by atoms with Crippen molar-refractivity contribution in [2.24, 2.45) is 10.6 Å². The number of oxime groups is 1. The van der Waals surface area contributed by atoms with E-state index in [4.69, 9.17) is 9.94 Å². The zero-order valence-corrected chi connectivity index (χ0v) is 5.59. The molecular weight excluding hydrogens is 118 g/mol. The third-order valence-electron chi connectivity index (χ3n) is 1.20. The fourth-order valence-electron chi connectivity index (χ4n) is 0.735. The highest BCUT2D eigenvalue weighted by atomic mass is 16.5. The topological polar surface area (TPSA) is 41.8 Å². The van der Waals surface area contributed by atoms with Crippen molar-refractivity contribution >= 4 is 5.90 Å². The van der Waals surface area contributed by atoms with Crippen molar-refractivity contribution in [3.8, 4) is 0 Å². The van der Waals surface area contributed by atoms with Gasteiger partial charge in [-0.3, -0.25) is 0 Å². The van der Waals surface area contributed by atoms with Crippen LogP contribution in [-0.2, 0) is 4.74 Å². The average Bonchev–Trinajstić information content (AvgIpc) is 2.10. The summed E-state index contributed by atoms with van der Waals surface area (Å²) in [6, 6.07) is 0. The normalized spacial score (nSPS) is 28.4. The Labute approximate surface area is 54.3 Å². The number of ether oxygens (including phenoxy) is 1. The molecule has 0 aromatic rings. The molecule has 0 aliphatic carbocycles. The molecule has 1 saturated heterocycles. The van der Waals surface area contributed by atoms with Crippen molar-refractivity contribution in [1.82, 2.24) is 0 Å². The van der Waals surface area contributed by atoms with Gasteiger partial charge in [0.25, 0.3) is 0 Å². The maximum Gasteiger partial charge on any atom is 0.230 e. The Morgan fingerprint density at radius 1 is 1.78 bits per heavy atom. The van der Waals surface area contributed by atoms with Crippen LogP contribution >= 0.6 is 0 Å². The van der Waals surface area contributed by atoms with Crippen molar-refractivity contribution in [3.05, 3.63) is 6.42 Å². The van der Waals surface area contributed by atoms with Gasteiger partial charge >= 0.3 is 0 Å². The standard InChI is InChI=1S/C6H10NO2/c1-6(2)3-5(7-8)9-4-6/h3,8H,4H2,1-2H3/b7-5+. The highest BCUT2D eigenvalue weighted by molar-refractivity contribution is 5.87. The van der Waals surface area contributed by atoms with Crippen LogP contribution in [0.2, 0.25) is 0 Å². The average molecular weight is 128 g/mol. The molecule has 1 N–H and O–H groups in total. The van der Waals surface area contributed by atoms with E-state index in [0.29, 0.717) is 12.5 Å². The SMILES string of the molecule is CC1(C)[CH]/C(=N\O)OC1. The Bertz CT molecular complexity index is 140. The van der Waals surface area contributed by atoms with E-state index in [1.165, 1.54) is 0 Å². The Morgan fingerprint density at radius 3 is 2.67 bits per heavy atom. The Balaban J connectivity index is 2.57. The molecule has 1 rings (SSSR count). The fraction of sp³-hybridized carbons (Fsp3) is 0.667. The number of nitrogens with zero attached hydrogens (tertiary/aromatic N) is 1. The zero-order chi connectivity index (χ0) is 6.91. The van der Waals surface area contributed by atoms with Crippen LogP contribution in [0.25, 0.3) is 0 Å². The molecule has 0 bridgehead atoms. The predicted octanol–water partition coefficient (Wildman–Crippen LogP) is 1.03. The minimum atomic E-state index is 0.0293. The molecule has 1 heterocycles. The molecule has 1 fully saturated rings. The summed E-state index contributed by atoms with van der Waals surface area (Å²) in [7, 11) is 0. The van der Waals surface area contributed by atoms with Crippen LogP contribution in [0, 0.1) is 11.8 Å². The van der Waals surface area contributed by atoms with Gasteiger partial charge in [0.1, 0.15) is 0 Å². The molecule has 0 spiro atoms. The number of hydrogen-bond donors (Lipinski definition) is 1. The van der Waals surface area contributed by atoms with E-state index in [1.807, 2.05) is 13.8 Å². The monoisotopic (exact) mass is 128 g/mol. The van der Waals surface area contributed by atoms with Gasteiger partial charge in [-0.25, -0.2) is 0 Å². The lowest BCUT2D eigenvalue weighted by molar-refractivity contribution is 0.235. The van der Waals surface area contributed by atoms with Crippen molar-refractivity contribution in [1.29, 1.82) is 0 Å². The molecule has 1 aliphatic rings. The molecular formula is C6H10NO2. The van der Waals surface area contributed by atoms with E-state index in [2.05, 4.69) is 5.16 Å². The molecule has 3 heteroatoms.